The molecule has 1 aliphatic heterocycles. The van der Waals surface area contributed by atoms with E-state index in [0.717, 1.165) is 0 Å². The van der Waals surface area contributed by atoms with Crippen LogP contribution in [0.5, 0.6) is 0 Å². The van der Waals surface area contributed by atoms with Gasteiger partial charge in [0.05, 0.1) is 23.5 Å². The van der Waals surface area contributed by atoms with Gasteiger partial charge in [0.25, 0.3) is 5.91 Å². The van der Waals surface area contributed by atoms with Crippen molar-refractivity contribution in [1.82, 2.24) is 9.97 Å². The van der Waals surface area contributed by atoms with E-state index in [2.05, 4.69) is 15.3 Å². The summed E-state index contributed by atoms with van der Waals surface area (Å²) in [6, 6.07) is 6.98. The van der Waals surface area contributed by atoms with Crippen molar-refractivity contribution in [2.45, 2.75) is 12.5 Å². The third kappa shape index (κ3) is 3.94. The van der Waals surface area contributed by atoms with Gasteiger partial charge in [-0.05, 0) is 12.1 Å². The molecule has 0 aliphatic carbocycles. The van der Waals surface area contributed by atoms with E-state index in [4.69, 9.17) is 16.2 Å². The number of aromatic nitrogens is 2. The van der Waals surface area contributed by atoms with Crippen LogP contribution >= 0.6 is 0 Å². The van der Waals surface area contributed by atoms with Crippen LogP contribution in [0.2, 0.25) is 0 Å². The van der Waals surface area contributed by atoms with E-state index in [1.54, 1.807) is 24.3 Å². The number of hydrogen-bond acceptors (Lipinski definition) is 7. The number of anilines is 3. The molecule has 2 amide bonds. The number of carbonyl (C=O) groups is 2. The summed E-state index contributed by atoms with van der Waals surface area (Å²) in [5.41, 5.74) is 12.1. The van der Waals surface area contributed by atoms with Crippen LogP contribution in [0.4, 0.5) is 22.1 Å². The average Bonchev–Trinajstić information content (AvgIpc) is 3.05. The van der Waals surface area contributed by atoms with Crippen LogP contribution in [0.15, 0.2) is 36.7 Å². The number of nitrogens with zero attached hydrogens (tertiary/aromatic N) is 3. The van der Waals surface area contributed by atoms with Gasteiger partial charge in [0.2, 0.25) is 5.95 Å². The number of nitrogens with two attached hydrogens (primary N) is 2. The maximum Gasteiger partial charge on any atom is 0.404 e. The lowest BCUT2D eigenvalue weighted by Gasteiger charge is -2.16. The zero-order valence-corrected chi connectivity index (χ0v) is 13.4. The van der Waals surface area contributed by atoms with E-state index in [0.29, 0.717) is 42.4 Å². The van der Waals surface area contributed by atoms with Crippen LogP contribution in [0.1, 0.15) is 16.8 Å². The first-order valence-corrected chi connectivity index (χ1v) is 7.72. The van der Waals surface area contributed by atoms with E-state index < -0.39 is 6.09 Å². The number of rotatable bonds is 4. The summed E-state index contributed by atoms with van der Waals surface area (Å²) in [7, 11) is 0. The van der Waals surface area contributed by atoms with Crippen LogP contribution in [0.25, 0.3) is 0 Å². The van der Waals surface area contributed by atoms with Crippen molar-refractivity contribution in [3.05, 3.63) is 42.2 Å². The number of nitrogens with one attached hydrogen (secondary N) is 1. The normalized spacial score (nSPS) is 16.5. The Labute approximate surface area is 144 Å². The molecule has 3 rings (SSSR count). The molecule has 1 aliphatic rings. The van der Waals surface area contributed by atoms with Crippen molar-refractivity contribution < 1.29 is 14.3 Å². The van der Waals surface area contributed by atoms with Gasteiger partial charge in [0.1, 0.15) is 6.10 Å². The summed E-state index contributed by atoms with van der Waals surface area (Å²) in [6.07, 6.45) is 2.48. The Morgan fingerprint density at radius 3 is 2.64 bits per heavy atom. The predicted octanol–water partition coefficient (Wildman–Crippen LogP) is 0.985. The second kappa shape index (κ2) is 7.04. The molecular weight excluding hydrogens is 324 g/mol. The number of para-hydroxylation sites is 2. The number of primary amides is 1. The van der Waals surface area contributed by atoms with Crippen LogP contribution in [-0.4, -0.2) is 41.2 Å². The molecule has 2 heterocycles. The van der Waals surface area contributed by atoms with Gasteiger partial charge in [0.15, 0.2) is 0 Å². The number of hydrogen-bond donors (Lipinski definition) is 3. The minimum atomic E-state index is -0.792. The maximum atomic E-state index is 12.2. The van der Waals surface area contributed by atoms with Crippen LogP contribution < -0.4 is 21.7 Å². The lowest BCUT2D eigenvalue weighted by molar-refractivity contribution is 0.102. The van der Waals surface area contributed by atoms with E-state index in [-0.39, 0.29) is 12.0 Å². The minimum Gasteiger partial charge on any atom is -0.444 e. The van der Waals surface area contributed by atoms with E-state index >= 15 is 0 Å². The molecule has 5 N–H and O–H groups in total. The lowest BCUT2D eigenvalue weighted by Crippen LogP contribution is -2.28. The fourth-order valence-electron chi connectivity index (χ4n) is 2.58. The van der Waals surface area contributed by atoms with E-state index in [9.17, 15) is 9.59 Å². The van der Waals surface area contributed by atoms with E-state index in [1.807, 2.05) is 4.90 Å². The molecule has 2 aromatic rings. The highest BCUT2D eigenvalue weighted by Crippen LogP contribution is 2.19. The highest BCUT2D eigenvalue weighted by Gasteiger charge is 2.26. The first-order valence-electron chi connectivity index (χ1n) is 7.72. The number of amides is 2. The van der Waals surface area contributed by atoms with Gasteiger partial charge in [-0.3, -0.25) is 4.79 Å². The molecule has 1 atom stereocenters. The Hall–Kier alpha value is -3.36. The highest BCUT2D eigenvalue weighted by molar-refractivity contribution is 6.05. The Morgan fingerprint density at radius 2 is 1.96 bits per heavy atom. The molecule has 1 aromatic heterocycles. The molecule has 130 valence electrons. The summed E-state index contributed by atoms with van der Waals surface area (Å²) in [5.74, 6) is 0.118. The van der Waals surface area contributed by atoms with Gasteiger partial charge in [0, 0.05) is 25.4 Å². The first kappa shape index (κ1) is 16.5. The largest absolute Gasteiger partial charge is 0.444 e. The summed E-state index contributed by atoms with van der Waals surface area (Å²) in [5, 5.41) is 2.72. The van der Waals surface area contributed by atoms with Gasteiger partial charge in [-0.15, -0.1) is 0 Å². The first-order chi connectivity index (χ1) is 12.0. The molecule has 0 radical (unpaired) electrons. The number of nitrogen functional groups attached to an aromatic ring is 1. The summed E-state index contributed by atoms with van der Waals surface area (Å²) in [6.45, 7) is 1.11. The zero-order valence-electron chi connectivity index (χ0n) is 13.4. The van der Waals surface area contributed by atoms with Crippen molar-refractivity contribution in [3.8, 4) is 0 Å². The standard InChI is InChI=1S/C16H18N6O3/c17-12-3-1-2-4-13(12)21-14(23)10-7-19-16(20-8-10)22-6-5-11(9-22)25-15(18)24/h1-4,7-8,11H,5-6,9,17H2,(H2,18,24)(H,21,23). The van der Waals surface area contributed by atoms with Crippen LogP contribution in [0.3, 0.4) is 0 Å². The fourth-order valence-corrected chi connectivity index (χ4v) is 2.58. The summed E-state index contributed by atoms with van der Waals surface area (Å²) in [4.78, 5) is 33.3. The minimum absolute atomic E-state index is 0.273. The fraction of sp³-hybridized carbons (Fsp3) is 0.250. The van der Waals surface area contributed by atoms with Gasteiger partial charge >= 0.3 is 6.09 Å². The molecule has 0 spiro atoms. The SMILES string of the molecule is NC(=O)OC1CCN(c2ncc(C(=O)Nc3ccccc3N)cn2)C1. The van der Waals surface area contributed by atoms with Crippen molar-refractivity contribution >= 4 is 29.3 Å². The Morgan fingerprint density at radius 1 is 1.24 bits per heavy atom. The molecule has 25 heavy (non-hydrogen) atoms. The predicted molar refractivity (Wildman–Crippen MR) is 92.1 cm³/mol. The number of carbonyl (C=O) groups excluding carboxylic acids is 2. The molecule has 1 unspecified atom stereocenters. The summed E-state index contributed by atoms with van der Waals surface area (Å²) >= 11 is 0. The van der Waals surface area contributed by atoms with Gasteiger partial charge in [-0.25, -0.2) is 14.8 Å². The molecule has 1 saturated heterocycles. The maximum absolute atomic E-state index is 12.2. The Bertz CT molecular complexity index is 780. The highest BCUT2D eigenvalue weighted by atomic mass is 16.6. The third-order valence-electron chi connectivity index (χ3n) is 3.82. The third-order valence-corrected chi connectivity index (χ3v) is 3.82. The summed E-state index contributed by atoms with van der Waals surface area (Å²) < 4.78 is 4.97. The topological polar surface area (TPSA) is 136 Å². The average molecular weight is 342 g/mol. The van der Waals surface area contributed by atoms with Crippen LogP contribution in [0, 0.1) is 0 Å². The molecule has 1 aromatic carbocycles. The quantitative estimate of drug-likeness (QED) is 0.704. The van der Waals surface area contributed by atoms with Crippen molar-refractivity contribution in [2.24, 2.45) is 5.73 Å². The molecule has 9 heteroatoms. The second-order valence-electron chi connectivity index (χ2n) is 5.61. The number of benzene rings is 1. The Balaban J connectivity index is 1.63. The second-order valence-corrected chi connectivity index (χ2v) is 5.61. The smallest absolute Gasteiger partial charge is 0.404 e. The van der Waals surface area contributed by atoms with Crippen molar-refractivity contribution in [2.75, 3.05) is 29.0 Å². The van der Waals surface area contributed by atoms with Gasteiger partial charge < -0.3 is 26.4 Å². The number of ether oxygens (including phenoxy) is 1. The zero-order chi connectivity index (χ0) is 17.8. The molecular formula is C16H18N6O3. The van der Waals surface area contributed by atoms with Gasteiger partial charge in [-0.1, -0.05) is 12.1 Å². The van der Waals surface area contributed by atoms with Gasteiger partial charge in [-0.2, -0.15) is 0 Å². The van der Waals surface area contributed by atoms with Crippen molar-refractivity contribution in [3.63, 3.8) is 0 Å². The molecule has 1 fully saturated rings. The molecule has 9 nitrogen and oxygen atoms in total. The van der Waals surface area contributed by atoms with Crippen molar-refractivity contribution in [1.29, 1.82) is 0 Å². The lowest BCUT2D eigenvalue weighted by atomic mass is 10.2. The monoisotopic (exact) mass is 342 g/mol. The van der Waals surface area contributed by atoms with Crippen LogP contribution in [-0.2, 0) is 4.74 Å². The Kier molecular flexibility index (Phi) is 4.64. The van der Waals surface area contributed by atoms with E-state index in [1.165, 1.54) is 12.4 Å². The molecule has 0 saturated carbocycles. The molecule has 0 bridgehead atoms.